The highest BCUT2D eigenvalue weighted by molar-refractivity contribution is 7.16. The van der Waals surface area contributed by atoms with Crippen LogP contribution in [0.1, 0.15) is 34.1 Å². The molecule has 1 aromatic rings. The normalized spacial score (nSPS) is 11.2. The predicted molar refractivity (Wildman–Crippen MR) is 77.7 cm³/mol. The molecule has 10 heteroatoms. The second-order valence-corrected chi connectivity index (χ2v) is 5.84. The lowest BCUT2D eigenvalue weighted by molar-refractivity contribution is -0.140. The highest BCUT2D eigenvalue weighted by atomic mass is 32.1. The number of nitrogens with one attached hydrogen (secondary N) is 2. The van der Waals surface area contributed by atoms with Gasteiger partial charge in [0, 0.05) is 4.88 Å². The monoisotopic (exact) mass is 352 g/mol. The molecule has 128 valence electrons. The van der Waals surface area contributed by atoms with Gasteiger partial charge in [-0.1, -0.05) is 6.92 Å². The minimum absolute atomic E-state index is 0.0564. The van der Waals surface area contributed by atoms with Crippen molar-refractivity contribution in [1.82, 2.24) is 5.32 Å². The third kappa shape index (κ3) is 5.55. The summed E-state index contributed by atoms with van der Waals surface area (Å²) in [5.74, 6) is -3.19. The van der Waals surface area contributed by atoms with Crippen molar-refractivity contribution in [3.63, 3.8) is 0 Å². The number of anilines is 1. The largest absolute Gasteiger partial charge is 0.478 e. The van der Waals surface area contributed by atoms with E-state index in [2.05, 4.69) is 5.32 Å². The first-order valence-electron chi connectivity index (χ1n) is 6.54. The Morgan fingerprint density at radius 1 is 1.22 bits per heavy atom. The average Bonchev–Trinajstić information content (AvgIpc) is 2.71. The lowest BCUT2D eigenvalue weighted by Crippen LogP contribution is -2.35. The molecule has 0 spiro atoms. The van der Waals surface area contributed by atoms with Crippen LogP contribution in [0, 0.1) is 6.92 Å². The van der Waals surface area contributed by atoms with Gasteiger partial charge in [-0.15, -0.1) is 11.3 Å². The van der Waals surface area contributed by atoms with Crippen molar-refractivity contribution >= 4 is 34.1 Å². The van der Waals surface area contributed by atoms with E-state index in [1.807, 2.05) is 0 Å². The van der Waals surface area contributed by atoms with E-state index in [1.165, 1.54) is 0 Å². The molecule has 0 fully saturated rings. The van der Waals surface area contributed by atoms with Crippen molar-refractivity contribution in [3.05, 3.63) is 16.0 Å². The van der Waals surface area contributed by atoms with Crippen LogP contribution in [0.25, 0.3) is 0 Å². The van der Waals surface area contributed by atoms with Gasteiger partial charge in [0.2, 0.25) is 11.8 Å². The minimum Gasteiger partial charge on any atom is -0.478 e. The molecule has 0 aromatic carbocycles. The van der Waals surface area contributed by atoms with Crippen molar-refractivity contribution in [2.24, 2.45) is 0 Å². The highest BCUT2D eigenvalue weighted by Gasteiger charge is 2.28. The van der Waals surface area contributed by atoms with Crippen LogP contribution in [0.3, 0.4) is 0 Å². The molecule has 6 nitrogen and oxygen atoms in total. The molecule has 2 amide bonds. The first-order valence-corrected chi connectivity index (χ1v) is 7.35. The lowest BCUT2D eigenvalue weighted by atomic mass is 10.1. The zero-order valence-electron chi connectivity index (χ0n) is 12.3. The third-order valence-electron chi connectivity index (χ3n) is 2.84. The summed E-state index contributed by atoms with van der Waals surface area (Å²) in [5, 5.41) is 13.1. The molecule has 0 aliphatic heterocycles. The number of halogens is 3. The number of aryl methyl sites for hydroxylation is 1. The van der Waals surface area contributed by atoms with Crippen LogP contribution in [0.4, 0.5) is 18.2 Å². The molecule has 23 heavy (non-hydrogen) atoms. The zero-order chi connectivity index (χ0) is 17.8. The fraction of sp³-hybridized carbons (Fsp3) is 0.462. The number of carboxylic acids is 1. The van der Waals surface area contributed by atoms with Crippen LogP contribution < -0.4 is 10.6 Å². The Hall–Kier alpha value is -2.10. The van der Waals surface area contributed by atoms with Crippen LogP contribution in [-0.2, 0) is 16.0 Å². The third-order valence-corrected chi connectivity index (χ3v) is 3.90. The van der Waals surface area contributed by atoms with E-state index < -0.39 is 36.9 Å². The molecule has 1 rings (SSSR count). The lowest BCUT2D eigenvalue weighted by Gasteiger charge is -2.08. The Morgan fingerprint density at radius 3 is 2.30 bits per heavy atom. The molecular weight excluding hydrogens is 337 g/mol. The van der Waals surface area contributed by atoms with Gasteiger partial charge in [0.05, 0.1) is 5.56 Å². The Bertz CT molecular complexity index is 625. The molecule has 3 N–H and O–H groups in total. The molecule has 0 aliphatic rings. The summed E-state index contributed by atoms with van der Waals surface area (Å²) in [5.41, 5.74) is 0.512. The highest BCUT2D eigenvalue weighted by Crippen LogP contribution is 2.33. The summed E-state index contributed by atoms with van der Waals surface area (Å²) in [6, 6.07) is 0. The van der Waals surface area contributed by atoms with Crippen LogP contribution in [0.15, 0.2) is 0 Å². The quantitative estimate of drug-likeness (QED) is 0.685. The topological polar surface area (TPSA) is 95.5 Å². The van der Waals surface area contributed by atoms with E-state index in [-0.39, 0.29) is 10.6 Å². The van der Waals surface area contributed by atoms with Gasteiger partial charge < -0.3 is 15.7 Å². The van der Waals surface area contributed by atoms with Gasteiger partial charge in [0.15, 0.2) is 0 Å². The number of carbonyl (C=O) groups excluding carboxylic acids is 2. The van der Waals surface area contributed by atoms with Crippen LogP contribution in [0.2, 0.25) is 0 Å². The number of hydrogen-bond acceptors (Lipinski definition) is 4. The van der Waals surface area contributed by atoms with Gasteiger partial charge in [0.25, 0.3) is 0 Å². The summed E-state index contributed by atoms with van der Waals surface area (Å²) in [6.07, 6.45) is -4.94. The van der Waals surface area contributed by atoms with Gasteiger partial charge in [-0.2, -0.15) is 13.2 Å². The number of hydrogen-bond donors (Lipinski definition) is 3. The second-order valence-electron chi connectivity index (χ2n) is 4.62. The van der Waals surface area contributed by atoms with Gasteiger partial charge in [0.1, 0.15) is 18.0 Å². The van der Waals surface area contributed by atoms with Crippen molar-refractivity contribution in [1.29, 1.82) is 0 Å². The molecule has 0 saturated heterocycles. The first-order chi connectivity index (χ1) is 10.5. The van der Waals surface area contributed by atoms with E-state index in [9.17, 15) is 32.7 Å². The Labute approximate surface area is 133 Å². The summed E-state index contributed by atoms with van der Waals surface area (Å²) >= 11 is 1.04. The number of aromatic carboxylic acids is 1. The van der Waals surface area contributed by atoms with Gasteiger partial charge >= 0.3 is 12.1 Å². The molecular formula is C13H15F3N2O4S. The number of amides is 2. The fourth-order valence-corrected chi connectivity index (χ4v) is 3.05. The van der Waals surface area contributed by atoms with Gasteiger partial charge in [-0.3, -0.25) is 9.59 Å². The molecule has 0 aliphatic carbocycles. The maximum Gasteiger partial charge on any atom is 0.405 e. The number of rotatable bonds is 6. The SMILES string of the molecule is CCc1c(C)sc(NC(=O)CC(=O)NCC(F)(F)F)c1C(=O)O. The van der Waals surface area contributed by atoms with Gasteiger partial charge in [-0.05, 0) is 18.9 Å². The Kier molecular flexibility index (Phi) is 6.13. The summed E-state index contributed by atoms with van der Waals surface area (Å²) in [7, 11) is 0. The van der Waals surface area contributed by atoms with Crippen molar-refractivity contribution in [2.45, 2.75) is 32.9 Å². The van der Waals surface area contributed by atoms with Crippen molar-refractivity contribution < 1.29 is 32.7 Å². The molecule has 0 unspecified atom stereocenters. The number of carboxylic acid groups (broad SMARTS) is 1. The van der Waals surface area contributed by atoms with E-state index in [0.717, 1.165) is 11.3 Å². The van der Waals surface area contributed by atoms with Crippen LogP contribution in [0.5, 0.6) is 0 Å². The van der Waals surface area contributed by atoms with E-state index in [4.69, 9.17) is 0 Å². The van der Waals surface area contributed by atoms with Crippen LogP contribution >= 0.6 is 11.3 Å². The summed E-state index contributed by atoms with van der Waals surface area (Å²) < 4.78 is 35.8. The fourth-order valence-electron chi connectivity index (χ4n) is 1.90. The summed E-state index contributed by atoms with van der Waals surface area (Å²) in [4.78, 5) is 34.9. The maximum atomic E-state index is 11.9. The van der Waals surface area contributed by atoms with Gasteiger partial charge in [-0.25, -0.2) is 4.79 Å². The van der Waals surface area contributed by atoms with E-state index in [1.54, 1.807) is 19.2 Å². The maximum absolute atomic E-state index is 11.9. The molecule has 0 saturated carbocycles. The standard InChI is InChI=1S/C13H15F3N2O4S/c1-3-7-6(2)23-11(10(7)12(21)22)18-9(20)4-8(19)17-5-13(14,15)16/h3-5H2,1-2H3,(H,17,19)(H,18,20)(H,21,22). The molecule has 0 radical (unpaired) electrons. The van der Waals surface area contributed by atoms with E-state index >= 15 is 0 Å². The van der Waals surface area contributed by atoms with Crippen LogP contribution in [-0.4, -0.2) is 35.6 Å². The molecule has 0 bridgehead atoms. The first kappa shape index (κ1) is 18.9. The number of carbonyl (C=O) groups is 3. The second kappa shape index (κ2) is 7.44. The molecule has 1 heterocycles. The molecule has 1 aromatic heterocycles. The average molecular weight is 352 g/mol. The molecule has 0 atom stereocenters. The number of alkyl halides is 3. The Balaban J connectivity index is 2.75. The van der Waals surface area contributed by atoms with Crippen molar-refractivity contribution in [2.75, 3.05) is 11.9 Å². The Morgan fingerprint density at radius 2 is 1.83 bits per heavy atom. The number of thiophene rings is 1. The summed E-state index contributed by atoms with van der Waals surface area (Å²) in [6.45, 7) is 1.93. The minimum atomic E-state index is -4.57. The van der Waals surface area contributed by atoms with Crippen molar-refractivity contribution in [3.8, 4) is 0 Å². The predicted octanol–water partition coefficient (Wildman–Crippen LogP) is 2.32. The zero-order valence-corrected chi connectivity index (χ0v) is 13.2. The smallest absolute Gasteiger partial charge is 0.405 e. The van der Waals surface area contributed by atoms with E-state index in [0.29, 0.717) is 16.9 Å².